The molecular weight excluding hydrogens is 258 g/mol. The smallest absolute Gasteiger partial charge is 0.240 e. The highest BCUT2D eigenvalue weighted by atomic mass is 35.5. The number of carbonyl (C=O) groups excluding carboxylic acids is 1. The number of aromatic amines is 1. The minimum absolute atomic E-state index is 0. The van der Waals surface area contributed by atoms with E-state index < -0.39 is 0 Å². The highest BCUT2D eigenvalue weighted by molar-refractivity contribution is 5.85. The molecule has 0 aromatic carbocycles. The quantitative estimate of drug-likeness (QED) is 0.709. The van der Waals surface area contributed by atoms with Crippen molar-refractivity contribution in [1.29, 1.82) is 0 Å². The summed E-state index contributed by atoms with van der Waals surface area (Å²) in [7, 11) is 0. The molecule has 1 amide bonds. The molecule has 0 radical (unpaired) electrons. The van der Waals surface area contributed by atoms with Gasteiger partial charge in [0.2, 0.25) is 5.91 Å². The predicted molar refractivity (Wildman–Crippen MR) is 67.4 cm³/mol. The number of amides is 1. The zero-order valence-electron chi connectivity index (χ0n) is 10.3. The van der Waals surface area contributed by atoms with Gasteiger partial charge in [-0.05, 0) is 13.8 Å². The van der Waals surface area contributed by atoms with E-state index in [0.29, 0.717) is 19.0 Å². The van der Waals surface area contributed by atoms with Crippen LogP contribution in [0.5, 0.6) is 0 Å². The summed E-state index contributed by atoms with van der Waals surface area (Å²) in [5.41, 5.74) is 0. The lowest BCUT2D eigenvalue weighted by Gasteiger charge is -2.30. The second-order valence-corrected chi connectivity index (χ2v) is 4.11. The van der Waals surface area contributed by atoms with Crippen LogP contribution in [-0.2, 0) is 9.53 Å². The number of ether oxygens (including phenoxy) is 1. The summed E-state index contributed by atoms with van der Waals surface area (Å²) in [4.78, 5) is 16.0. The molecule has 0 saturated carbocycles. The zero-order valence-corrected chi connectivity index (χ0v) is 11.2. The topological polar surface area (TPSA) is 91.9 Å². The Balaban J connectivity index is 0.00000162. The predicted octanol–water partition coefficient (Wildman–Crippen LogP) is -0.219. The molecule has 2 heterocycles. The van der Waals surface area contributed by atoms with E-state index in [2.05, 4.69) is 25.8 Å². The zero-order chi connectivity index (χ0) is 12.3. The first-order chi connectivity index (χ1) is 8.18. The van der Waals surface area contributed by atoms with Crippen molar-refractivity contribution in [1.82, 2.24) is 25.8 Å². The molecule has 8 heteroatoms. The number of halogens is 1. The molecule has 1 aliphatic heterocycles. The van der Waals surface area contributed by atoms with Crippen LogP contribution in [-0.4, -0.2) is 46.4 Å². The number of hydrogen-bond acceptors (Lipinski definition) is 5. The molecule has 1 aromatic heterocycles. The van der Waals surface area contributed by atoms with Crippen LogP contribution in [0.3, 0.4) is 0 Å². The Hall–Kier alpha value is -1.18. The fraction of sp³-hybridized carbons (Fsp3) is 0.700. The Morgan fingerprint density at radius 2 is 2.44 bits per heavy atom. The van der Waals surface area contributed by atoms with Crippen molar-refractivity contribution in [2.45, 2.75) is 32.0 Å². The number of nitrogens with one attached hydrogen (secondary N) is 3. The van der Waals surface area contributed by atoms with Crippen molar-refractivity contribution < 1.29 is 9.53 Å². The van der Waals surface area contributed by atoms with Gasteiger partial charge in [0, 0.05) is 6.54 Å². The van der Waals surface area contributed by atoms with E-state index in [0.717, 1.165) is 0 Å². The van der Waals surface area contributed by atoms with Gasteiger partial charge in [-0.1, -0.05) is 0 Å². The molecule has 3 N–H and O–H groups in total. The number of rotatable bonds is 3. The van der Waals surface area contributed by atoms with Crippen molar-refractivity contribution in [3.05, 3.63) is 12.2 Å². The molecule has 1 aliphatic rings. The molecule has 2 rings (SSSR count). The van der Waals surface area contributed by atoms with Crippen LogP contribution in [0.25, 0.3) is 0 Å². The lowest BCUT2D eigenvalue weighted by molar-refractivity contribution is -0.129. The second kappa shape index (κ2) is 6.67. The summed E-state index contributed by atoms with van der Waals surface area (Å²) in [6.07, 6.45) is 1.30. The minimum atomic E-state index is -0.311. The van der Waals surface area contributed by atoms with Crippen LogP contribution in [0.1, 0.15) is 25.7 Å². The van der Waals surface area contributed by atoms with Gasteiger partial charge < -0.3 is 15.4 Å². The largest absolute Gasteiger partial charge is 0.375 e. The third-order valence-corrected chi connectivity index (χ3v) is 2.80. The van der Waals surface area contributed by atoms with Gasteiger partial charge in [0.15, 0.2) is 0 Å². The number of morpholine rings is 1. The van der Waals surface area contributed by atoms with E-state index in [9.17, 15) is 4.79 Å². The molecular formula is C10H18ClN5O2. The summed E-state index contributed by atoms with van der Waals surface area (Å²) in [5, 5.41) is 12.5. The van der Waals surface area contributed by atoms with E-state index in [1.54, 1.807) is 0 Å². The van der Waals surface area contributed by atoms with Gasteiger partial charge in [0.25, 0.3) is 0 Å². The molecule has 1 fully saturated rings. The third-order valence-electron chi connectivity index (χ3n) is 2.80. The van der Waals surface area contributed by atoms with Crippen molar-refractivity contribution in [2.24, 2.45) is 0 Å². The van der Waals surface area contributed by atoms with Crippen molar-refractivity contribution >= 4 is 18.3 Å². The van der Waals surface area contributed by atoms with Gasteiger partial charge in [-0.25, -0.2) is 4.98 Å². The fourth-order valence-corrected chi connectivity index (χ4v) is 1.82. The summed E-state index contributed by atoms with van der Waals surface area (Å²) in [6.45, 7) is 5.07. The number of H-pyrrole nitrogens is 1. The Morgan fingerprint density at radius 3 is 3.06 bits per heavy atom. The first-order valence-corrected chi connectivity index (χ1v) is 5.69. The van der Waals surface area contributed by atoms with Crippen molar-refractivity contribution in [3.8, 4) is 0 Å². The van der Waals surface area contributed by atoms with E-state index in [-0.39, 0.29) is 36.5 Å². The normalized spacial score (nSPS) is 25.0. The standard InChI is InChI=1S/C10H17N5O2.ClH/c1-6(9-12-5-13-15-9)14-10(16)8-7(2)17-4-3-11-8;/h5-8,11H,3-4H2,1-2H3,(H,14,16)(H,12,13,15);1H/t6?,7-,8+;/m1./s1. The first-order valence-electron chi connectivity index (χ1n) is 5.69. The average Bonchev–Trinajstić information content (AvgIpc) is 2.82. The van der Waals surface area contributed by atoms with Crippen LogP contribution in [0.4, 0.5) is 0 Å². The molecule has 1 aromatic rings. The number of carbonyl (C=O) groups is 1. The lowest BCUT2D eigenvalue weighted by atomic mass is 10.1. The van der Waals surface area contributed by atoms with Crippen molar-refractivity contribution in [3.63, 3.8) is 0 Å². The Bertz CT molecular complexity index is 372. The molecule has 3 atom stereocenters. The van der Waals surface area contributed by atoms with Gasteiger partial charge in [-0.3, -0.25) is 9.89 Å². The summed E-state index contributed by atoms with van der Waals surface area (Å²) in [5.74, 6) is 0.559. The van der Waals surface area contributed by atoms with E-state index in [1.807, 2.05) is 13.8 Å². The van der Waals surface area contributed by atoms with Gasteiger partial charge in [0.1, 0.15) is 18.2 Å². The minimum Gasteiger partial charge on any atom is -0.375 e. The highest BCUT2D eigenvalue weighted by Gasteiger charge is 2.29. The van der Waals surface area contributed by atoms with Crippen LogP contribution in [0, 0.1) is 0 Å². The van der Waals surface area contributed by atoms with Crippen molar-refractivity contribution in [2.75, 3.05) is 13.2 Å². The monoisotopic (exact) mass is 275 g/mol. The molecule has 1 saturated heterocycles. The van der Waals surface area contributed by atoms with Crippen LogP contribution in [0.2, 0.25) is 0 Å². The Morgan fingerprint density at radius 1 is 1.67 bits per heavy atom. The van der Waals surface area contributed by atoms with Gasteiger partial charge >= 0.3 is 0 Å². The first kappa shape index (κ1) is 14.9. The highest BCUT2D eigenvalue weighted by Crippen LogP contribution is 2.08. The van der Waals surface area contributed by atoms with E-state index in [4.69, 9.17) is 4.74 Å². The molecule has 18 heavy (non-hydrogen) atoms. The third kappa shape index (κ3) is 3.41. The maximum absolute atomic E-state index is 12.0. The van der Waals surface area contributed by atoms with Gasteiger partial charge in [-0.2, -0.15) is 5.10 Å². The van der Waals surface area contributed by atoms with Crippen LogP contribution < -0.4 is 10.6 Å². The molecule has 0 bridgehead atoms. The average molecular weight is 276 g/mol. The maximum Gasteiger partial charge on any atom is 0.240 e. The summed E-state index contributed by atoms with van der Waals surface area (Å²) in [6, 6.07) is -0.505. The molecule has 0 aliphatic carbocycles. The van der Waals surface area contributed by atoms with Gasteiger partial charge in [0.05, 0.1) is 18.8 Å². The number of hydrogen-bond donors (Lipinski definition) is 3. The SMILES string of the molecule is CC(NC(=O)[C@H]1NCCO[C@@H]1C)c1ncn[nH]1.Cl. The second-order valence-electron chi connectivity index (χ2n) is 4.11. The van der Waals surface area contributed by atoms with Crippen LogP contribution >= 0.6 is 12.4 Å². The summed E-state index contributed by atoms with van der Waals surface area (Å²) >= 11 is 0. The van der Waals surface area contributed by atoms with E-state index in [1.165, 1.54) is 6.33 Å². The van der Waals surface area contributed by atoms with Gasteiger partial charge in [-0.15, -0.1) is 12.4 Å². The molecule has 1 unspecified atom stereocenters. The molecule has 0 spiro atoms. The summed E-state index contributed by atoms with van der Waals surface area (Å²) < 4.78 is 5.42. The number of aromatic nitrogens is 3. The maximum atomic E-state index is 12.0. The number of nitrogens with zero attached hydrogens (tertiary/aromatic N) is 2. The van der Waals surface area contributed by atoms with Crippen LogP contribution in [0.15, 0.2) is 6.33 Å². The molecule has 7 nitrogen and oxygen atoms in total. The molecule has 102 valence electrons. The Kier molecular flexibility index (Phi) is 5.52. The fourth-order valence-electron chi connectivity index (χ4n) is 1.82. The Labute approximate surface area is 111 Å². The van der Waals surface area contributed by atoms with E-state index >= 15 is 0 Å². The lowest BCUT2D eigenvalue weighted by Crippen LogP contribution is -2.55.